The van der Waals surface area contributed by atoms with Crippen molar-refractivity contribution in [2.24, 2.45) is 0 Å². The fourth-order valence-electron chi connectivity index (χ4n) is 2.86. The summed E-state index contributed by atoms with van der Waals surface area (Å²) < 4.78 is 7.16. The molecule has 3 heterocycles. The van der Waals surface area contributed by atoms with Crippen molar-refractivity contribution in [3.05, 3.63) is 53.7 Å². The molecular weight excluding hydrogens is 332 g/mol. The summed E-state index contributed by atoms with van der Waals surface area (Å²) >= 11 is 0. The summed E-state index contributed by atoms with van der Waals surface area (Å²) in [5.74, 6) is 1.03. The number of fused-ring (bicyclic) bond motifs is 1. The first-order valence-corrected chi connectivity index (χ1v) is 8.23. The maximum atomic E-state index is 12.5. The van der Waals surface area contributed by atoms with Crippen molar-refractivity contribution in [2.45, 2.75) is 0 Å². The Morgan fingerprint density at radius 3 is 2.69 bits per heavy atom. The molecule has 8 heteroatoms. The van der Waals surface area contributed by atoms with Crippen LogP contribution >= 0.6 is 0 Å². The average molecular weight is 348 g/mol. The van der Waals surface area contributed by atoms with E-state index in [2.05, 4.69) is 20.3 Å². The van der Waals surface area contributed by atoms with Crippen LogP contribution in [0.2, 0.25) is 0 Å². The summed E-state index contributed by atoms with van der Waals surface area (Å²) in [4.78, 5) is 19.1. The van der Waals surface area contributed by atoms with E-state index in [1.54, 1.807) is 41.0 Å². The van der Waals surface area contributed by atoms with Gasteiger partial charge in [0.25, 0.3) is 5.91 Å². The molecule has 0 spiro atoms. The van der Waals surface area contributed by atoms with Crippen LogP contribution in [-0.2, 0) is 4.74 Å². The molecule has 1 N–H and O–H groups in total. The molecule has 0 radical (unpaired) electrons. The molecule has 3 aromatic rings. The number of hydrogen-bond acceptors (Lipinski definition) is 6. The first kappa shape index (κ1) is 16.1. The number of carbonyl (C=O) groups excluding carboxylic acids is 1. The van der Waals surface area contributed by atoms with E-state index in [1.165, 1.54) is 0 Å². The third kappa shape index (κ3) is 3.08. The molecule has 0 atom stereocenters. The Morgan fingerprint density at radius 1 is 1.19 bits per heavy atom. The van der Waals surface area contributed by atoms with Gasteiger partial charge in [0.2, 0.25) is 0 Å². The highest BCUT2D eigenvalue weighted by atomic mass is 16.5. The second-order valence-corrected chi connectivity index (χ2v) is 5.84. The second kappa shape index (κ2) is 6.82. The first-order valence-electron chi connectivity index (χ1n) is 8.23. The Morgan fingerprint density at radius 2 is 1.96 bits per heavy atom. The Bertz CT molecular complexity index is 983. The molecule has 0 aliphatic carbocycles. The molecular formula is C18H16N6O2. The number of aromatic nitrogens is 3. The van der Waals surface area contributed by atoms with E-state index in [9.17, 15) is 4.79 Å². The van der Waals surface area contributed by atoms with Gasteiger partial charge >= 0.3 is 0 Å². The van der Waals surface area contributed by atoms with Gasteiger partial charge in [-0.25, -0.2) is 4.98 Å². The Labute approximate surface area is 149 Å². The van der Waals surface area contributed by atoms with E-state index in [0.717, 1.165) is 18.9 Å². The number of ether oxygens (including phenoxy) is 1. The topological polar surface area (TPSA) is 95.5 Å². The van der Waals surface area contributed by atoms with Crippen LogP contribution in [0, 0.1) is 11.3 Å². The number of benzene rings is 1. The lowest BCUT2D eigenvalue weighted by atomic mass is 10.1. The van der Waals surface area contributed by atoms with Gasteiger partial charge in [0, 0.05) is 30.8 Å². The largest absolute Gasteiger partial charge is 0.378 e. The van der Waals surface area contributed by atoms with E-state index < -0.39 is 0 Å². The lowest BCUT2D eigenvalue weighted by Gasteiger charge is -2.29. The highest BCUT2D eigenvalue weighted by Gasteiger charge is 2.17. The highest BCUT2D eigenvalue weighted by molar-refractivity contribution is 6.04. The SMILES string of the molecule is N#Cc1ccc(C(=O)Nc2cc(N3CCOCC3)n3nccc3n2)cc1. The standard InChI is InChI=1S/C18H16N6O2/c19-12-13-1-3-14(4-2-13)18(25)22-15-11-17(23-7-9-26-10-8-23)24-16(21-15)5-6-20-24/h1-6,11H,7-10H2,(H,21,22,25). The molecule has 26 heavy (non-hydrogen) atoms. The minimum absolute atomic E-state index is 0.279. The van der Waals surface area contributed by atoms with Gasteiger partial charge in [-0.3, -0.25) is 4.79 Å². The summed E-state index contributed by atoms with van der Waals surface area (Å²) in [6.45, 7) is 2.81. The van der Waals surface area contributed by atoms with E-state index in [1.807, 2.05) is 12.1 Å². The van der Waals surface area contributed by atoms with Crippen molar-refractivity contribution in [2.75, 3.05) is 36.5 Å². The molecule has 1 aliphatic rings. The van der Waals surface area contributed by atoms with Crippen LogP contribution in [0.25, 0.3) is 5.65 Å². The van der Waals surface area contributed by atoms with Gasteiger partial charge in [0.15, 0.2) is 5.65 Å². The number of hydrogen-bond donors (Lipinski definition) is 1. The van der Waals surface area contributed by atoms with Crippen molar-refractivity contribution in [1.29, 1.82) is 5.26 Å². The fraction of sp³-hybridized carbons (Fsp3) is 0.222. The van der Waals surface area contributed by atoms with Crippen molar-refractivity contribution >= 4 is 23.2 Å². The molecule has 8 nitrogen and oxygen atoms in total. The molecule has 1 amide bonds. The number of nitrogens with one attached hydrogen (secondary N) is 1. The maximum absolute atomic E-state index is 12.5. The van der Waals surface area contributed by atoms with E-state index in [0.29, 0.717) is 35.8 Å². The lowest BCUT2D eigenvalue weighted by molar-refractivity contribution is 0.102. The van der Waals surface area contributed by atoms with Gasteiger partial charge < -0.3 is 15.0 Å². The number of amides is 1. The molecule has 1 aliphatic heterocycles. The zero-order valence-corrected chi connectivity index (χ0v) is 13.9. The highest BCUT2D eigenvalue weighted by Crippen LogP contribution is 2.21. The molecule has 2 aromatic heterocycles. The predicted molar refractivity (Wildman–Crippen MR) is 95.1 cm³/mol. The van der Waals surface area contributed by atoms with Gasteiger partial charge in [-0.05, 0) is 24.3 Å². The first-order chi connectivity index (χ1) is 12.7. The third-order valence-corrected chi connectivity index (χ3v) is 4.19. The zero-order valence-electron chi connectivity index (χ0n) is 13.9. The van der Waals surface area contributed by atoms with Crippen LogP contribution in [-0.4, -0.2) is 46.8 Å². The number of anilines is 2. The molecule has 0 bridgehead atoms. The Kier molecular flexibility index (Phi) is 4.21. The Balaban J connectivity index is 1.63. The van der Waals surface area contributed by atoms with Crippen LogP contribution in [0.1, 0.15) is 15.9 Å². The molecule has 4 rings (SSSR count). The van der Waals surface area contributed by atoms with Crippen LogP contribution in [0.3, 0.4) is 0 Å². The third-order valence-electron chi connectivity index (χ3n) is 4.19. The smallest absolute Gasteiger partial charge is 0.256 e. The second-order valence-electron chi connectivity index (χ2n) is 5.84. The number of rotatable bonds is 3. The van der Waals surface area contributed by atoms with Crippen molar-refractivity contribution < 1.29 is 9.53 Å². The van der Waals surface area contributed by atoms with Crippen molar-refractivity contribution in [3.63, 3.8) is 0 Å². The van der Waals surface area contributed by atoms with Crippen LogP contribution in [0.4, 0.5) is 11.6 Å². The van der Waals surface area contributed by atoms with Gasteiger partial charge in [0.1, 0.15) is 11.6 Å². The monoisotopic (exact) mass is 348 g/mol. The fourth-order valence-corrected chi connectivity index (χ4v) is 2.86. The van der Waals surface area contributed by atoms with E-state index in [4.69, 9.17) is 10.00 Å². The summed E-state index contributed by atoms with van der Waals surface area (Å²) in [7, 11) is 0. The number of nitriles is 1. The van der Waals surface area contributed by atoms with E-state index in [-0.39, 0.29) is 5.91 Å². The predicted octanol–water partition coefficient (Wildman–Crippen LogP) is 1.69. The van der Waals surface area contributed by atoms with Crippen LogP contribution in [0.5, 0.6) is 0 Å². The van der Waals surface area contributed by atoms with Gasteiger partial charge in [-0.15, -0.1) is 0 Å². The molecule has 1 fully saturated rings. The minimum atomic E-state index is -0.279. The Hall–Kier alpha value is -3.44. The zero-order chi connectivity index (χ0) is 17.9. The van der Waals surface area contributed by atoms with Gasteiger partial charge in [-0.1, -0.05) is 0 Å². The molecule has 0 unspecified atom stereocenters. The average Bonchev–Trinajstić information content (AvgIpc) is 3.16. The lowest BCUT2D eigenvalue weighted by Crippen LogP contribution is -2.37. The molecule has 0 saturated carbocycles. The molecule has 1 saturated heterocycles. The van der Waals surface area contributed by atoms with Crippen LogP contribution in [0.15, 0.2) is 42.6 Å². The maximum Gasteiger partial charge on any atom is 0.256 e. The quantitative estimate of drug-likeness (QED) is 0.774. The summed E-state index contributed by atoms with van der Waals surface area (Å²) in [5.41, 5.74) is 1.63. The normalized spacial score (nSPS) is 14.2. The summed E-state index contributed by atoms with van der Waals surface area (Å²) in [5, 5.41) is 16.0. The van der Waals surface area contributed by atoms with Crippen molar-refractivity contribution in [3.8, 4) is 6.07 Å². The molecule has 1 aromatic carbocycles. The molecule has 130 valence electrons. The number of nitrogens with zero attached hydrogens (tertiary/aromatic N) is 5. The van der Waals surface area contributed by atoms with E-state index >= 15 is 0 Å². The van der Waals surface area contributed by atoms with Crippen molar-refractivity contribution in [1.82, 2.24) is 14.6 Å². The van der Waals surface area contributed by atoms with Gasteiger partial charge in [-0.2, -0.15) is 14.9 Å². The minimum Gasteiger partial charge on any atom is -0.378 e. The van der Waals surface area contributed by atoms with Crippen LogP contribution < -0.4 is 10.2 Å². The summed E-state index contributed by atoms with van der Waals surface area (Å²) in [6.07, 6.45) is 1.68. The number of morpholine rings is 1. The van der Waals surface area contributed by atoms with Gasteiger partial charge in [0.05, 0.1) is 31.0 Å². The summed E-state index contributed by atoms with van der Waals surface area (Å²) in [6, 6.07) is 12.1. The number of carbonyl (C=O) groups is 1.